The summed E-state index contributed by atoms with van der Waals surface area (Å²) in [6, 6.07) is 0. The highest BCUT2D eigenvalue weighted by atomic mass is 16.3. The Morgan fingerprint density at radius 3 is 2.43 bits per heavy atom. The minimum absolute atomic E-state index is 0.161. The average Bonchev–Trinajstić information content (AvgIpc) is 2.09. The summed E-state index contributed by atoms with van der Waals surface area (Å²) >= 11 is 0. The lowest BCUT2D eigenvalue weighted by Crippen LogP contribution is -2.51. The molecule has 4 unspecified atom stereocenters. The van der Waals surface area contributed by atoms with Gasteiger partial charge in [0.25, 0.3) is 0 Å². The van der Waals surface area contributed by atoms with Gasteiger partial charge in [-0.25, -0.2) is 0 Å². The van der Waals surface area contributed by atoms with E-state index in [1.165, 1.54) is 0 Å². The first-order valence-corrected chi connectivity index (χ1v) is 5.03. The van der Waals surface area contributed by atoms with Gasteiger partial charge in [0.05, 0.1) is 23.9 Å². The molecule has 4 atom stereocenters. The van der Waals surface area contributed by atoms with E-state index in [0.717, 1.165) is 0 Å². The quantitative estimate of drug-likeness (QED) is 0.495. The molecule has 0 spiro atoms. The zero-order valence-corrected chi connectivity index (χ0v) is 8.77. The van der Waals surface area contributed by atoms with E-state index in [1.54, 1.807) is 13.8 Å². The first-order chi connectivity index (χ1) is 6.29. The Balaban J connectivity index is 2.69. The summed E-state index contributed by atoms with van der Waals surface area (Å²) in [6.07, 6.45) is 0.689. The third-order valence-corrected chi connectivity index (χ3v) is 3.37. The summed E-state index contributed by atoms with van der Waals surface area (Å²) in [4.78, 5) is 0. The molecule has 0 amide bonds. The Kier molecular flexibility index (Phi) is 3.21. The summed E-state index contributed by atoms with van der Waals surface area (Å²) in [6.45, 7) is 2.81. The van der Waals surface area contributed by atoms with Crippen LogP contribution in [0.4, 0.5) is 0 Å². The zero-order valence-electron chi connectivity index (χ0n) is 8.77. The molecular formula is C10H20O4. The van der Waals surface area contributed by atoms with E-state index in [2.05, 4.69) is 0 Å². The second-order valence-corrected chi connectivity index (χ2v) is 4.87. The van der Waals surface area contributed by atoms with Crippen molar-refractivity contribution >= 4 is 0 Å². The molecule has 1 rings (SSSR count). The molecule has 4 nitrogen and oxygen atoms in total. The number of aliphatic hydroxyl groups is 4. The van der Waals surface area contributed by atoms with Crippen molar-refractivity contribution in [2.24, 2.45) is 5.92 Å². The van der Waals surface area contributed by atoms with Crippen LogP contribution in [0.5, 0.6) is 0 Å². The molecule has 0 aliphatic heterocycles. The van der Waals surface area contributed by atoms with E-state index in [4.69, 9.17) is 5.11 Å². The number of hydrogen-bond acceptors (Lipinski definition) is 4. The van der Waals surface area contributed by atoms with Gasteiger partial charge in [0.15, 0.2) is 0 Å². The molecule has 0 radical (unpaired) electrons. The molecule has 0 bridgehead atoms. The van der Waals surface area contributed by atoms with E-state index in [-0.39, 0.29) is 12.5 Å². The van der Waals surface area contributed by atoms with Crippen LogP contribution in [0.2, 0.25) is 0 Å². The molecule has 0 aromatic rings. The first-order valence-electron chi connectivity index (χ1n) is 5.03. The van der Waals surface area contributed by atoms with Crippen LogP contribution in [0.25, 0.3) is 0 Å². The number of hydrogen-bond donors (Lipinski definition) is 4. The monoisotopic (exact) mass is 204 g/mol. The van der Waals surface area contributed by atoms with Crippen molar-refractivity contribution in [2.75, 3.05) is 6.61 Å². The van der Waals surface area contributed by atoms with Crippen LogP contribution < -0.4 is 0 Å². The molecule has 1 saturated carbocycles. The van der Waals surface area contributed by atoms with Crippen molar-refractivity contribution < 1.29 is 20.4 Å². The Bertz CT molecular complexity index is 198. The minimum Gasteiger partial charge on any atom is -0.393 e. The zero-order chi connectivity index (χ0) is 11.0. The van der Waals surface area contributed by atoms with Crippen molar-refractivity contribution in [1.29, 1.82) is 0 Å². The minimum atomic E-state index is -1.16. The molecular weight excluding hydrogens is 184 g/mol. The predicted octanol–water partition coefficient (Wildman–Crippen LogP) is -0.358. The lowest BCUT2D eigenvalue weighted by molar-refractivity contribution is -0.143. The highest BCUT2D eigenvalue weighted by molar-refractivity contribution is 4.95. The van der Waals surface area contributed by atoms with E-state index in [1.807, 2.05) is 0 Å². The van der Waals surface area contributed by atoms with E-state index < -0.39 is 17.3 Å². The van der Waals surface area contributed by atoms with Crippen LogP contribution >= 0.6 is 0 Å². The van der Waals surface area contributed by atoms with Crippen LogP contribution in [0.15, 0.2) is 0 Å². The molecule has 1 aliphatic carbocycles. The van der Waals surface area contributed by atoms with Crippen LogP contribution in [-0.2, 0) is 0 Å². The van der Waals surface area contributed by atoms with Gasteiger partial charge < -0.3 is 20.4 Å². The predicted molar refractivity (Wildman–Crippen MR) is 51.7 cm³/mol. The van der Waals surface area contributed by atoms with Gasteiger partial charge in [0.2, 0.25) is 0 Å². The molecule has 84 valence electrons. The molecule has 1 aliphatic rings. The van der Waals surface area contributed by atoms with Gasteiger partial charge >= 0.3 is 0 Å². The molecule has 1 fully saturated rings. The maximum absolute atomic E-state index is 9.83. The van der Waals surface area contributed by atoms with Gasteiger partial charge in [-0.3, -0.25) is 0 Å². The molecule has 0 aromatic carbocycles. The molecule has 0 heterocycles. The number of rotatable bonds is 2. The second-order valence-electron chi connectivity index (χ2n) is 4.87. The normalized spacial score (nSPS) is 43.3. The third kappa shape index (κ3) is 2.25. The molecule has 14 heavy (non-hydrogen) atoms. The summed E-state index contributed by atoms with van der Waals surface area (Å²) in [5, 5.41) is 38.1. The fraction of sp³-hybridized carbons (Fsp3) is 1.00. The smallest absolute Gasteiger partial charge is 0.0881 e. The summed E-state index contributed by atoms with van der Waals surface area (Å²) in [5.74, 6) is -0.161. The molecule has 4 heteroatoms. The van der Waals surface area contributed by atoms with Crippen molar-refractivity contribution in [3.63, 3.8) is 0 Å². The third-order valence-electron chi connectivity index (χ3n) is 3.37. The summed E-state index contributed by atoms with van der Waals surface area (Å²) in [7, 11) is 0. The Morgan fingerprint density at radius 1 is 1.43 bits per heavy atom. The van der Waals surface area contributed by atoms with Crippen molar-refractivity contribution in [2.45, 2.75) is 50.4 Å². The summed E-state index contributed by atoms with van der Waals surface area (Å²) < 4.78 is 0. The lowest BCUT2D eigenvalue weighted by Gasteiger charge is -2.43. The fourth-order valence-corrected chi connectivity index (χ4v) is 2.07. The van der Waals surface area contributed by atoms with Gasteiger partial charge in [-0.2, -0.15) is 0 Å². The van der Waals surface area contributed by atoms with Crippen molar-refractivity contribution in [3.8, 4) is 0 Å². The second kappa shape index (κ2) is 3.77. The fourth-order valence-electron chi connectivity index (χ4n) is 2.07. The molecule has 0 aromatic heterocycles. The largest absolute Gasteiger partial charge is 0.393 e. The highest BCUT2D eigenvalue weighted by Gasteiger charge is 2.43. The van der Waals surface area contributed by atoms with Crippen molar-refractivity contribution in [3.05, 3.63) is 0 Å². The SMILES string of the molecule is CC1(O)CC(C(C)(O)CO)CCC1O. The van der Waals surface area contributed by atoms with E-state index in [9.17, 15) is 15.3 Å². The standard InChI is InChI=1S/C10H20O4/c1-9(13)5-7(3-4-8(9)12)10(2,14)6-11/h7-8,11-14H,3-6H2,1-2H3. The van der Waals surface area contributed by atoms with Gasteiger partial charge in [0.1, 0.15) is 0 Å². The number of aliphatic hydroxyl groups excluding tert-OH is 2. The molecule has 0 saturated heterocycles. The highest BCUT2D eigenvalue weighted by Crippen LogP contribution is 2.37. The van der Waals surface area contributed by atoms with Crippen LogP contribution in [-0.4, -0.2) is 44.3 Å². The van der Waals surface area contributed by atoms with Gasteiger partial charge in [-0.1, -0.05) is 0 Å². The molecule has 4 N–H and O–H groups in total. The van der Waals surface area contributed by atoms with Crippen LogP contribution in [0, 0.1) is 5.92 Å². The Labute approximate surface area is 84.2 Å². The van der Waals surface area contributed by atoms with Gasteiger partial charge in [0, 0.05) is 0 Å². The average molecular weight is 204 g/mol. The maximum atomic E-state index is 9.83. The maximum Gasteiger partial charge on any atom is 0.0881 e. The van der Waals surface area contributed by atoms with E-state index in [0.29, 0.717) is 19.3 Å². The Morgan fingerprint density at radius 2 is 2.00 bits per heavy atom. The summed E-state index contributed by atoms with van der Waals surface area (Å²) in [5.41, 5.74) is -2.31. The van der Waals surface area contributed by atoms with Crippen molar-refractivity contribution in [1.82, 2.24) is 0 Å². The van der Waals surface area contributed by atoms with Crippen LogP contribution in [0.1, 0.15) is 33.1 Å². The Hall–Kier alpha value is -0.160. The first kappa shape index (κ1) is 11.9. The lowest BCUT2D eigenvalue weighted by atomic mass is 9.71. The van der Waals surface area contributed by atoms with Crippen LogP contribution in [0.3, 0.4) is 0 Å². The van der Waals surface area contributed by atoms with Gasteiger partial charge in [-0.15, -0.1) is 0 Å². The topological polar surface area (TPSA) is 80.9 Å². The van der Waals surface area contributed by atoms with Gasteiger partial charge in [-0.05, 0) is 39.0 Å². The van der Waals surface area contributed by atoms with E-state index >= 15 is 0 Å².